The SMILES string of the molecule is CC(C)[C@@H]1CN(C(C)C)C(=O)N1. The minimum atomic E-state index is 0.0868. The number of hydrogen-bond donors (Lipinski definition) is 1. The molecule has 70 valence electrons. The monoisotopic (exact) mass is 170 g/mol. The fraction of sp³-hybridized carbons (Fsp3) is 0.889. The molecule has 3 heteroatoms. The highest BCUT2D eigenvalue weighted by molar-refractivity contribution is 5.77. The van der Waals surface area contributed by atoms with Crippen molar-refractivity contribution in [2.75, 3.05) is 6.54 Å². The van der Waals surface area contributed by atoms with E-state index in [0.717, 1.165) is 6.54 Å². The summed E-state index contributed by atoms with van der Waals surface area (Å²) in [4.78, 5) is 13.2. The van der Waals surface area contributed by atoms with E-state index in [4.69, 9.17) is 0 Å². The van der Waals surface area contributed by atoms with Gasteiger partial charge in [-0.1, -0.05) is 13.8 Å². The molecule has 1 fully saturated rings. The molecule has 1 atom stereocenters. The summed E-state index contributed by atoms with van der Waals surface area (Å²) in [5, 5.41) is 2.97. The molecule has 0 bridgehead atoms. The van der Waals surface area contributed by atoms with E-state index < -0.39 is 0 Å². The van der Waals surface area contributed by atoms with Crippen molar-refractivity contribution in [2.24, 2.45) is 5.92 Å². The maximum atomic E-state index is 11.3. The van der Waals surface area contributed by atoms with Gasteiger partial charge in [0.1, 0.15) is 0 Å². The van der Waals surface area contributed by atoms with Crippen LogP contribution in [0, 0.1) is 5.92 Å². The molecule has 0 spiro atoms. The Balaban J connectivity index is 2.56. The summed E-state index contributed by atoms with van der Waals surface area (Å²) in [6.45, 7) is 9.21. The molecule has 1 saturated heterocycles. The molecule has 2 amide bonds. The van der Waals surface area contributed by atoms with E-state index in [1.54, 1.807) is 0 Å². The van der Waals surface area contributed by atoms with Gasteiger partial charge >= 0.3 is 6.03 Å². The van der Waals surface area contributed by atoms with Crippen LogP contribution in [0.3, 0.4) is 0 Å². The van der Waals surface area contributed by atoms with Gasteiger partial charge in [0.05, 0.1) is 6.04 Å². The molecule has 0 aromatic rings. The first-order chi connectivity index (χ1) is 5.52. The summed E-state index contributed by atoms with van der Waals surface area (Å²) < 4.78 is 0. The summed E-state index contributed by atoms with van der Waals surface area (Å²) in [5.41, 5.74) is 0. The summed E-state index contributed by atoms with van der Waals surface area (Å²) in [5.74, 6) is 0.526. The van der Waals surface area contributed by atoms with Crippen LogP contribution in [0.4, 0.5) is 4.79 Å². The number of urea groups is 1. The molecule has 1 N–H and O–H groups in total. The average molecular weight is 170 g/mol. The second-order valence-electron chi connectivity index (χ2n) is 4.05. The lowest BCUT2D eigenvalue weighted by molar-refractivity contribution is 0.205. The van der Waals surface area contributed by atoms with Gasteiger partial charge in [-0.05, 0) is 19.8 Å². The lowest BCUT2D eigenvalue weighted by Gasteiger charge is -2.19. The summed E-state index contributed by atoms with van der Waals surface area (Å²) in [6.07, 6.45) is 0. The highest BCUT2D eigenvalue weighted by Crippen LogP contribution is 2.13. The molecule has 1 aliphatic rings. The molecule has 0 unspecified atom stereocenters. The fourth-order valence-electron chi connectivity index (χ4n) is 1.40. The predicted molar refractivity (Wildman–Crippen MR) is 49.0 cm³/mol. The van der Waals surface area contributed by atoms with Crippen molar-refractivity contribution >= 4 is 6.03 Å². The van der Waals surface area contributed by atoms with Crippen LogP contribution in [0.5, 0.6) is 0 Å². The first kappa shape index (κ1) is 9.36. The van der Waals surface area contributed by atoms with Crippen LogP contribution in [0.15, 0.2) is 0 Å². The van der Waals surface area contributed by atoms with Crippen molar-refractivity contribution in [2.45, 2.75) is 39.8 Å². The molecular formula is C9H18N2O. The van der Waals surface area contributed by atoms with Crippen molar-refractivity contribution in [1.82, 2.24) is 10.2 Å². The van der Waals surface area contributed by atoms with Gasteiger partial charge in [-0.15, -0.1) is 0 Å². The maximum Gasteiger partial charge on any atom is 0.317 e. The third kappa shape index (κ3) is 1.71. The zero-order valence-corrected chi connectivity index (χ0v) is 8.29. The van der Waals surface area contributed by atoms with Gasteiger partial charge < -0.3 is 10.2 Å². The van der Waals surface area contributed by atoms with E-state index in [2.05, 4.69) is 19.2 Å². The Morgan fingerprint density at radius 2 is 2.00 bits per heavy atom. The van der Waals surface area contributed by atoms with Crippen LogP contribution in [0.1, 0.15) is 27.7 Å². The summed E-state index contributed by atoms with van der Waals surface area (Å²) >= 11 is 0. The van der Waals surface area contributed by atoms with Crippen molar-refractivity contribution in [3.63, 3.8) is 0 Å². The second kappa shape index (κ2) is 3.33. The van der Waals surface area contributed by atoms with E-state index in [9.17, 15) is 4.79 Å². The molecule has 0 radical (unpaired) electrons. The molecular weight excluding hydrogens is 152 g/mol. The van der Waals surface area contributed by atoms with Crippen molar-refractivity contribution < 1.29 is 4.79 Å². The largest absolute Gasteiger partial charge is 0.333 e. The molecule has 1 rings (SSSR count). The van der Waals surface area contributed by atoms with Crippen LogP contribution < -0.4 is 5.32 Å². The van der Waals surface area contributed by atoms with Crippen LogP contribution >= 0.6 is 0 Å². The third-order valence-electron chi connectivity index (χ3n) is 2.39. The number of nitrogens with one attached hydrogen (secondary N) is 1. The number of carbonyl (C=O) groups is 1. The highest BCUT2D eigenvalue weighted by atomic mass is 16.2. The van der Waals surface area contributed by atoms with Crippen molar-refractivity contribution in [3.05, 3.63) is 0 Å². The molecule has 1 aliphatic heterocycles. The van der Waals surface area contributed by atoms with Gasteiger partial charge in [-0.3, -0.25) is 0 Å². The first-order valence-electron chi connectivity index (χ1n) is 4.59. The Bertz CT molecular complexity index is 177. The molecule has 0 aromatic heterocycles. The average Bonchev–Trinajstić information content (AvgIpc) is 2.30. The molecule has 1 heterocycles. The number of nitrogens with zero attached hydrogens (tertiary/aromatic N) is 1. The van der Waals surface area contributed by atoms with Gasteiger partial charge in [-0.25, -0.2) is 4.79 Å². The van der Waals surface area contributed by atoms with Crippen LogP contribution in [0.2, 0.25) is 0 Å². The zero-order valence-electron chi connectivity index (χ0n) is 8.29. The number of amides is 2. The van der Waals surface area contributed by atoms with Crippen molar-refractivity contribution in [1.29, 1.82) is 0 Å². The zero-order chi connectivity index (χ0) is 9.30. The highest BCUT2D eigenvalue weighted by Gasteiger charge is 2.31. The van der Waals surface area contributed by atoms with Gasteiger partial charge in [-0.2, -0.15) is 0 Å². The quantitative estimate of drug-likeness (QED) is 0.668. The molecule has 0 saturated carbocycles. The molecule has 12 heavy (non-hydrogen) atoms. The number of rotatable bonds is 2. The molecule has 0 aliphatic carbocycles. The van der Waals surface area contributed by atoms with Crippen LogP contribution in [0.25, 0.3) is 0 Å². The Morgan fingerprint density at radius 1 is 1.42 bits per heavy atom. The van der Waals surface area contributed by atoms with Crippen LogP contribution in [-0.4, -0.2) is 29.6 Å². The Hall–Kier alpha value is -0.730. The fourth-order valence-corrected chi connectivity index (χ4v) is 1.40. The van der Waals surface area contributed by atoms with Gasteiger partial charge in [0, 0.05) is 12.6 Å². The smallest absolute Gasteiger partial charge is 0.317 e. The third-order valence-corrected chi connectivity index (χ3v) is 2.39. The number of carbonyl (C=O) groups excluding carboxylic acids is 1. The van der Waals surface area contributed by atoms with Gasteiger partial charge in [0.25, 0.3) is 0 Å². The van der Waals surface area contributed by atoms with Gasteiger partial charge in [0.15, 0.2) is 0 Å². The van der Waals surface area contributed by atoms with E-state index in [-0.39, 0.29) is 6.03 Å². The molecule has 0 aromatic carbocycles. The minimum Gasteiger partial charge on any atom is -0.333 e. The van der Waals surface area contributed by atoms with Gasteiger partial charge in [0.2, 0.25) is 0 Å². The Labute approximate surface area is 74.1 Å². The minimum absolute atomic E-state index is 0.0868. The second-order valence-corrected chi connectivity index (χ2v) is 4.05. The standard InChI is InChI=1S/C9H18N2O/c1-6(2)8-5-11(7(3)4)9(12)10-8/h6-8H,5H2,1-4H3,(H,10,12)/t8-/m0/s1. The van der Waals surface area contributed by atoms with E-state index in [1.807, 2.05) is 18.7 Å². The Morgan fingerprint density at radius 3 is 2.25 bits per heavy atom. The van der Waals surface area contributed by atoms with E-state index in [0.29, 0.717) is 18.0 Å². The van der Waals surface area contributed by atoms with E-state index >= 15 is 0 Å². The number of hydrogen-bond acceptors (Lipinski definition) is 1. The van der Waals surface area contributed by atoms with E-state index in [1.165, 1.54) is 0 Å². The lowest BCUT2D eigenvalue weighted by atomic mass is 10.1. The predicted octanol–water partition coefficient (Wildman–Crippen LogP) is 1.44. The van der Waals surface area contributed by atoms with Crippen molar-refractivity contribution in [3.8, 4) is 0 Å². The maximum absolute atomic E-state index is 11.3. The summed E-state index contributed by atoms with van der Waals surface area (Å²) in [7, 11) is 0. The summed E-state index contributed by atoms with van der Waals surface area (Å²) in [6, 6.07) is 0.734. The molecule has 3 nitrogen and oxygen atoms in total. The van der Waals surface area contributed by atoms with Crippen LogP contribution in [-0.2, 0) is 0 Å². The lowest BCUT2D eigenvalue weighted by Crippen LogP contribution is -2.33. The Kier molecular flexibility index (Phi) is 2.60. The topological polar surface area (TPSA) is 32.3 Å². The normalized spacial score (nSPS) is 24.0. The first-order valence-corrected chi connectivity index (χ1v) is 4.59.